The van der Waals surface area contributed by atoms with Crippen molar-refractivity contribution in [3.05, 3.63) is 77.1 Å². The molecule has 3 rings (SSSR count). The van der Waals surface area contributed by atoms with Gasteiger partial charge < -0.3 is 16.6 Å². The Morgan fingerprint density at radius 2 is 1.88 bits per heavy atom. The minimum Gasteiger partial charge on any atom is -0.392 e. The van der Waals surface area contributed by atoms with Crippen LogP contribution in [-0.2, 0) is 6.61 Å². The molecule has 0 aliphatic rings. The molecule has 3 aromatic rings. The van der Waals surface area contributed by atoms with Crippen molar-refractivity contribution in [2.45, 2.75) is 12.5 Å². The number of nitrogens with zero attached hydrogens (tertiary/aromatic N) is 1. The smallest absolute Gasteiger partial charge is 0.248 e. The molecule has 0 saturated heterocycles. The quantitative estimate of drug-likeness (QED) is 0.668. The predicted octanol–water partition coefficient (Wildman–Crippen LogP) is 1.92. The van der Waals surface area contributed by atoms with E-state index in [-0.39, 0.29) is 12.5 Å². The maximum Gasteiger partial charge on any atom is 0.248 e. The first kappa shape index (κ1) is 16.1. The highest BCUT2D eigenvalue weighted by Crippen LogP contribution is 2.29. The molecule has 122 valence electrons. The second-order valence-corrected chi connectivity index (χ2v) is 5.68. The number of primary amides is 1. The van der Waals surface area contributed by atoms with Crippen LogP contribution in [0, 0.1) is 0 Å². The first-order chi connectivity index (χ1) is 11.6. The average Bonchev–Trinajstić information content (AvgIpc) is 2.62. The van der Waals surface area contributed by atoms with E-state index >= 15 is 0 Å². The van der Waals surface area contributed by atoms with Crippen molar-refractivity contribution in [2.24, 2.45) is 11.5 Å². The molecule has 5 nitrogen and oxygen atoms in total. The van der Waals surface area contributed by atoms with Crippen molar-refractivity contribution in [1.29, 1.82) is 0 Å². The molecule has 5 N–H and O–H groups in total. The van der Waals surface area contributed by atoms with Gasteiger partial charge in [-0.15, -0.1) is 0 Å². The molecule has 0 fully saturated rings. The Kier molecular flexibility index (Phi) is 4.55. The first-order valence-corrected chi connectivity index (χ1v) is 7.72. The van der Waals surface area contributed by atoms with Gasteiger partial charge in [0, 0.05) is 29.6 Å². The average molecular weight is 321 g/mol. The Morgan fingerprint density at radius 1 is 1.12 bits per heavy atom. The van der Waals surface area contributed by atoms with Crippen LogP contribution >= 0.6 is 0 Å². The third-order valence-corrected chi connectivity index (χ3v) is 4.21. The number of aromatic nitrogens is 1. The van der Waals surface area contributed by atoms with Gasteiger partial charge in [-0.2, -0.15) is 0 Å². The standard InChI is InChI=1S/C19H19N3O2/c20-10-17(13-3-1-12(11-23)2-4-13)18-16-6-5-15(19(21)24)9-14(16)7-8-22-18/h1-9,17,23H,10-11,20H2,(H2,21,24). The summed E-state index contributed by atoms with van der Waals surface area (Å²) >= 11 is 0. The summed E-state index contributed by atoms with van der Waals surface area (Å²) in [6, 6.07) is 14.9. The van der Waals surface area contributed by atoms with E-state index in [1.807, 2.05) is 36.4 Å². The van der Waals surface area contributed by atoms with E-state index < -0.39 is 5.91 Å². The summed E-state index contributed by atoms with van der Waals surface area (Å²) in [4.78, 5) is 15.9. The molecule has 5 heteroatoms. The lowest BCUT2D eigenvalue weighted by Gasteiger charge is -2.17. The van der Waals surface area contributed by atoms with Gasteiger partial charge in [0.05, 0.1) is 12.3 Å². The fourth-order valence-corrected chi connectivity index (χ4v) is 2.89. The Morgan fingerprint density at radius 3 is 2.50 bits per heavy atom. The zero-order valence-electron chi connectivity index (χ0n) is 13.1. The van der Waals surface area contributed by atoms with Gasteiger partial charge in [-0.1, -0.05) is 30.3 Å². The fourth-order valence-electron chi connectivity index (χ4n) is 2.89. The lowest BCUT2D eigenvalue weighted by atomic mass is 9.91. The number of aliphatic hydroxyl groups is 1. The Labute approximate surface area is 139 Å². The van der Waals surface area contributed by atoms with Crippen molar-refractivity contribution in [2.75, 3.05) is 6.54 Å². The predicted molar refractivity (Wildman–Crippen MR) is 93.5 cm³/mol. The topological polar surface area (TPSA) is 102 Å². The van der Waals surface area contributed by atoms with Crippen LogP contribution in [0.4, 0.5) is 0 Å². The summed E-state index contributed by atoms with van der Waals surface area (Å²) in [5.41, 5.74) is 14.6. The van der Waals surface area contributed by atoms with Gasteiger partial charge in [0.2, 0.25) is 5.91 Å². The summed E-state index contributed by atoms with van der Waals surface area (Å²) < 4.78 is 0. The van der Waals surface area contributed by atoms with E-state index in [0.717, 1.165) is 27.6 Å². The van der Waals surface area contributed by atoms with Crippen LogP contribution in [0.15, 0.2) is 54.7 Å². The number of hydrogen-bond donors (Lipinski definition) is 3. The molecule has 1 unspecified atom stereocenters. The van der Waals surface area contributed by atoms with Gasteiger partial charge in [0.1, 0.15) is 0 Å². The number of pyridine rings is 1. The van der Waals surface area contributed by atoms with Crippen molar-refractivity contribution >= 4 is 16.7 Å². The summed E-state index contributed by atoms with van der Waals surface area (Å²) in [5, 5.41) is 11.0. The van der Waals surface area contributed by atoms with Crippen molar-refractivity contribution in [3.63, 3.8) is 0 Å². The highest BCUT2D eigenvalue weighted by Gasteiger charge is 2.17. The Hall–Kier alpha value is -2.76. The molecular weight excluding hydrogens is 302 g/mol. The number of benzene rings is 2. The van der Waals surface area contributed by atoms with E-state index in [9.17, 15) is 9.90 Å². The van der Waals surface area contributed by atoms with Crippen molar-refractivity contribution in [3.8, 4) is 0 Å². The molecule has 2 aromatic carbocycles. The lowest BCUT2D eigenvalue weighted by molar-refractivity contribution is 0.100. The first-order valence-electron chi connectivity index (χ1n) is 7.72. The highest BCUT2D eigenvalue weighted by atomic mass is 16.3. The number of carbonyl (C=O) groups excluding carboxylic acids is 1. The molecule has 0 saturated carbocycles. The van der Waals surface area contributed by atoms with Crippen LogP contribution in [0.5, 0.6) is 0 Å². The fraction of sp³-hybridized carbons (Fsp3) is 0.158. The zero-order valence-corrected chi connectivity index (χ0v) is 13.1. The van der Waals surface area contributed by atoms with Crippen LogP contribution in [0.25, 0.3) is 10.8 Å². The molecule has 1 aromatic heterocycles. The monoisotopic (exact) mass is 321 g/mol. The second kappa shape index (κ2) is 6.78. The summed E-state index contributed by atoms with van der Waals surface area (Å²) in [5.74, 6) is -0.522. The van der Waals surface area contributed by atoms with E-state index in [1.54, 1.807) is 18.3 Å². The van der Waals surface area contributed by atoms with E-state index in [1.165, 1.54) is 0 Å². The molecule has 0 bridgehead atoms. The molecule has 0 spiro atoms. The number of carbonyl (C=O) groups is 1. The van der Waals surface area contributed by atoms with Gasteiger partial charge in [0.25, 0.3) is 0 Å². The lowest BCUT2D eigenvalue weighted by Crippen LogP contribution is -2.16. The van der Waals surface area contributed by atoms with Gasteiger partial charge in [-0.25, -0.2) is 0 Å². The second-order valence-electron chi connectivity index (χ2n) is 5.68. The molecule has 1 heterocycles. The minimum atomic E-state index is -0.453. The largest absolute Gasteiger partial charge is 0.392 e. The van der Waals surface area contributed by atoms with Crippen molar-refractivity contribution in [1.82, 2.24) is 4.98 Å². The van der Waals surface area contributed by atoms with Crippen LogP contribution in [0.2, 0.25) is 0 Å². The van der Waals surface area contributed by atoms with Crippen LogP contribution in [0.1, 0.15) is 33.1 Å². The summed E-state index contributed by atoms with van der Waals surface area (Å²) in [6.45, 7) is 0.415. The number of rotatable bonds is 5. The van der Waals surface area contributed by atoms with E-state index in [4.69, 9.17) is 11.5 Å². The minimum absolute atomic E-state index is 0.00990. The SMILES string of the molecule is NCC(c1ccc(CO)cc1)c1nccc2cc(C(N)=O)ccc12. The number of fused-ring (bicyclic) bond motifs is 1. The van der Waals surface area contributed by atoms with Crippen LogP contribution in [0.3, 0.4) is 0 Å². The van der Waals surface area contributed by atoms with Crippen LogP contribution in [-0.4, -0.2) is 22.5 Å². The van der Waals surface area contributed by atoms with Gasteiger partial charge >= 0.3 is 0 Å². The third-order valence-electron chi connectivity index (χ3n) is 4.21. The molecule has 0 aliphatic carbocycles. The molecular formula is C19H19N3O2. The molecule has 0 aliphatic heterocycles. The number of nitrogens with two attached hydrogens (primary N) is 2. The normalized spacial score (nSPS) is 12.2. The number of hydrogen-bond acceptors (Lipinski definition) is 4. The molecule has 1 atom stereocenters. The molecule has 24 heavy (non-hydrogen) atoms. The van der Waals surface area contributed by atoms with Gasteiger partial charge in [-0.3, -0.25) is 9.78 Å². The van der Waals surface area contributed by atoms with Gasteiger partial charge in [0.15, 0.2) is 0 Å². The maximum absolute atomic E-state index is 11.4. The summed E-state index contributed by atoms with van der Waals surface area (Å²) in [6.07, 6.45) is 1.72. The van der Waals surface area contributed by atoms with E-state index in [2.05, 4.69) is 4.98 Å². The Bertz CT molecular complexity index is 875. The molecule has 0 radical (unpaired) electrons. The summed E-state index contributed by atoms with van der Waals surface area (Å²) in [7, 11) is 0. The molecule has 1 amide bonds. The van der Waals surface area contributed by atoms with Crippen LogP contribution < -0.4 is 11.5 Å². The number of aliphatic hydroxyl groups excluding tert-OH is 1. The zero-order chi connectivity index (χ0) is 17.1. The van der Waals surface area contributed by atoms with E-state index in [0.29, 0.717) is 12.1 Å². The van der Waals surface area contributed by atoms with Gasteiger partial charge in [-0.05, 0) is 34.7 Å². The van der Waals surface area contributed by atoms with Crippen molar-refractivity contribution < 1.29 is 9.90 Å². The number of amides is 1. The maximum atomic E-state index is 11.4. The Balaban J connectivity index is 2.09. The third kappa shape index (κ3) is 2.99. The highest BCUT2D eigenvalue weighted by molar-refractivity contribution is 5.98.